The van der Waals surface area contributed by atoms with Crippen LogP contribution in [0, 0.1) is 12.7 Å². The summed E-state index contributed by atoms with van der Waals surface area (Å²) in [7, 11) is 1.47. The molecule has 0 aliphatic carbocycles. The highest BCUT2D eigenvalue weighted by atomic mass is 19.1. The molecular weight excluding hydrogens is 265 g/mol. The largest absolute Gasteiger partial charge is 0.494 e. The first-order valence-electron chi connectivity index (χ1n) is 7.17. The lowest BCUT2D eigenvalue weighted by atomic mass is 10.0. The Morgan fingerprint density at radius 1 is 1.00 bits per heavy atom. The van der Waals surface area contributed by atoms with Crippen molar-refractivity contribution < 1.29 is 9.13 Å². The van der Waals surface area contributed by atoms with Crippen molar-refractivity contribution in [1.29, 1.82) is 0 Å². The maximum absolute atomic E-state index is 13.8. The van der Waals surface area contributed by atoms with E-state index in [0.717, 1.165) is 5.56 Å². The standard InChI is InChI=1S/C18H22FNO/c1-12-6-5-7-15(10-12)13(2)20-14(3)16-8-9-18(21-4)17(19)11-16/h5-11,13-14,20H,1-4H3/t13-,14?/m0/s1. The topological polar surface area (TPSA) is 21.3 Å². The molecule has 3 heteroatoms. The van der Waals surface area contributed by atoms with Gasteiger partial charge in [0.2, 0.25) is 0 Å². The van der Waals surface area contributed by atoms with E-state index in [1.165, 1.54) is 24.3 Å². The van der Waals surface area contributed by atoms with Crippen molar-refractivity contribution in [2.45, 2.75) is 32.9 Å². The molecule has 0 aliphatic heterocycles. The molecule has 2 rings (SSSR count). The van der Waals surface area contributed by atoms with Gasteiger partial charge in [0, 0.05) is 12.1 Å². The molecule has 2 nitrogen and oxygen atoms in total. The van der Waals surface area contributed by atoms with Crippen LogP contribution in [0.3, 0.4) is 0 Å². The molecule has 2 aromatic carbocycles. The summed E-state index contributed by atoms with van der Waals surface area (Å²) in [6.07, 6.45) is 0. The fourth-order valence-electron chi connectivity index (χ4n) is 2.46. The van der Waals surface area contributed by atoms with Crippen molar-refractivity contribution in [3.63, 3.8) is 0 Å². The van der Waals surface area contributed by atoms with Gasteiger partial charge in [-0.25, -0.2) is 4.39 Å². The lowest BCUT2D eigenvalue weighted by Gasteiger charge is -2.21. The average Bonchev–Trinajstić information content (AvgIpc) is 2.47. The van der Waals surface area contributed by atoms with Crippen molar-refractivity contribution in [3.8, 4) is 5.75 Å². The fraction of sp³-hybridized carbons (Fsp3) is 0.333. The van der Waals surface area contributed by atoms with Crippen molar-refractivity contribution in [2.75, 3.05) is 7.11 Å². The Balaban J connectivity index is 2.10. The zero-order valence-corrected chi connectivity index (χ0v) is 13.0. The van der Waals surface area contributed by atoms with E-state index in [-0.39, 0.29) is 23.7 Å². The number of hydrogen-bond acceptors (Lipinski definition) is 2. The van der Waals surface area contributed by atoms with Gasteiger partial charge in [0.1, 0.15) is 0 Å². The van der Waals surface area contributed by atoms with Crippen LogP contribution in [0.15, 0.2) is 42.5 Å². The molecule has 0 spiro atoms. The minimum atomic E-state index is -0.327. The van der Waals surface area contributed by atoms with Crippen LogP contribution >= 0.6 is 0 Å². The maximum Gasteiger partial charge on any atom is 0.165 e. The predicted molar refractivity (Wildman–Crippen MR) is 84.1 cm³/mol. The van der Waals surface area contributed by atoms with Gasteiger partial charge >= 0.3 is 0 Å². The lowest BCUT2D eigenvalue weighted by molar-refractivity contribution is 0.385. The molecule has 0 amide bonds. The zero-order valence-electron chi connectivity index (χ0n) is 13.0. The molecule has 0 saturated carbocycles. The number of ether oxygens (including phenoxy) is 1. The van der Waals surface area contributed by atoms with E-state index < -0.39 is 0 Å². The van der Waals surface area contributed by atoms with Crippen LogP contribution in [0.5, 0.6) is 5.75 Å². The summed E-state index contributed by atoms with van der Waals surface area (Å²) < 4.78 is 18.7. The van der Waals surface area contributed by atoms with E-state index in [4.69, 9.17) is 4.74 Å². The van der Waals surface area contributed by atoms with Crippen molar-refractivity contribution in [1.82, 2.24) is 5.32 Å². The number of nitrogens with one attached hydrogen (secondary N) is 1. The first-order valence-corrected chi connectivity index (χ1v) is 7.17. The molecule has 1 N–H and O–H groups in total. The van der Waals surface area contributed by atoms with E-state index in [1.54, 1.807) is 6.07 Å². The third kappa shape index (κ3) is 3.82. The Kier molecular flexibility index (Phi) is 4.97. The van der Waals surface area contributed by atoms with Gasteiger partial charge in [-0.05, 0) is 44.0 Å². The minimum Gasteiger partial charge on any atom is -0.494 e. The number of methoxy groups -OCH3 is 1. The van der Waals surface area contributed by atoms with E-state index >= 15 is 0 Å². The first-order chi connectivity index (χ1) is 10.0. The summed E-state index contributed by atoms with van der Waals surface area (Å²) in [6.45, 7) is 6.23. The van der Waals surface area contributed by atoms with Gasteiger partial charge in [-0.2, -0.15) is 0 Å². The molecule has 2 atom stereocenters. The van der Waals surface area contributed by atoms with E-state index in [9.17, 15) is 4.39 Å². The SMILES string of the molecule is COc1ccc(C(C)N[C@@H](C)c2cccc(C)c2)cc1F. The summed E-state index contributed by atoms with van der Waals surface area (Å²) >= 11 is 0. The fourth-order valence-corrected chi connectivity index (χ4v) is 2.46. The van der Waals surface area contributed by atoms with Gasteiger partial charge in [-0.15, -0.1) is 0 Å². The van der Waals surface area contributed by atoms with Gasteiger partial charge in [-0.3, -0.25) is 0 Å². The van der Waals surface area contributed by atoms with E-state index in [1.807, 2.05) is 13.0 Å². The molecule has 112 valence electrons. The molecule has 0 saturated heterocycles. The highest BCUT2D eigenvalue weighted by Gasteiger charge is 2.13. The van der Waals surface area contributed by atoms with E-state index in [2.05, 4.69) is 43.4 Å². The Morgan fingerprint density at radius 2 is 1.67 bits per heavy atom. The van der Waals surface area contributed by atoms with Crippen LogP contribution in [-0.4, -0.2) is 7.11 Å². The smallest absolute Gasteiger partial charge is 0.165 e. The van der Waals surface area contributed by atoms with Crippen molar-refractivity contribution in [2.24, 2.45) is 0 Å². The third-order valence-corrected chi connectivity index (χ3v) is 3.72. The summed E-state index contributed by atoms with van der Waals surface area (Å²) in [5.41, 5.74) is 3.38. The van der Waals surface area contributed by atoms with Gasteiger partial charge in [-0.1, -0.05) is 35.9 Å². The molecular formula is C18H22FNO. The van der Waals surface area contributed by atoms with E-state index in [0.29, 0.717) is 0 Å². The van der Waals surface area contributed by atoms with Crippen molar-refractivity contribution >= 4 is 0 Å². The van der Waals surface area contributed by atoms with Crippen LogP contribution in [0.2, 0.25) is 0 Å². The Bertz CT molecular complexity index is 612. The van der Waals surface area contributed by atoms with Crippen LogP contribution in [0.25, 0.3) is 0 Å². The van der Waals surface area contributed by atoms with Crippen LogP contribution in [0.4, 0.5) is 4.39 Å². The van der Waals surface area contributed by atoms with Gasteiger partial charge in [0.25, 0.3) is 0 Å². The highest BCUT2D eigenvalue weighted by molar-refractivity contribution is 5.31. The third-order valence-electron chi connectivity index (χ3n) is 3.72. The highest BCUT2D eigenvalue weighted by Crippen LogP contribution is 2.24. The molecule has 2 aromatic rings. The van der Waals surface area contributed by atoms with Gasteiger partial charge < -0.3 is 10.1 Å². The van der Waals surface area contributed by atoms with Crippen molar-refractivity contribution in [3.05, 3.63) is 65.0 Å². The number of benzene rings is 2. The van der Waals surface area contributed by atoms with Crippen LogP contribution < -0.4 is 10.1 Å². The lowest BCUT2D eigenvalue weighted by Crippen LogP contribution is -2.22. The quantitative estimate of drug-likeness (QED) is 0.870. The molecule has 0 radical (unpaired) electrons. The maximum atomic E-state index is 13.8. The number of hydrogen-bond donors (Lipinski definition) is 1. The molecule has 0 fully saturated rings. The summed E-state index contributed by atoms with van der Waals surface area (Å²) in [4.78, 5) is 0. The molecule has 0 heterocycles. The first kappa shape index (κ1) is 15.5. The predicted octanol–water partition coefficient (Wildman–Crippen LogP) is 4.55. The van der Waals surface area contributed by atoms with Crippen LogP contribution in [0.1, 0.15) is 42.6 Å². The Labute approximate surface area is 126 Å². The Morgan fingerprint density at radius 3 is 2.24 bits per heavy atom. The second-order valence-corrected chi connectivity index (χ2v) is 5.42. The minimum absolute atomic E-state index is 0.0564. The average molecular weight is 287 g/mol. The Hall–Kier alpha value is -1.87. The normalized spacial score (nSPS) is 13.8. The monoisotopic (exact) mass is 287 g/mol. The van der Waals surface area contributed by atoms with Gasteiger partial charge in [0.15, 0.2) is 11.6 Å². The number of aryl methyl sites for hydroxylation is 1. The summed E-state index contributed by atoms with van der Waals surface area (Å²) in [6, 6.07) is 13.7. The molecule has 0 aromatic heterocycles. The second-order valence-electron chi connectivity index (χ2n) is 5.42. The summed E-state index contributed by atoms with van der Waals surface area (Å²) in [5.74, 6) is -0.0514. The zero-order chi connectivity index (χ0) is 15.4. The number of halogens is 1. The van der Waals surface area contributed by atoms with Crippen LogP contribution in [-0.2, 0) is 0 Å². The molecule has 21 heavy (non-hydrogen) atoms. The molecule has 1 unspecified atom stereocenters. The molecule has 0 aliphatic rings. The molecule has 0 bridgehead atoms. The van der Waals surface area contributed by atoms with Gasteiger partial charge in [0.05, 0.1) is 7.11 Å². The summed E-state index contributed by atoms with van der Waals surface area (Å²) in [5, 5.41) is 3.50. The number of rotatable bonds is 5. The second kappa shape index (κ2) is 6.72.